The Balaban J connectivity index is 2.22. The van der Waals surface area contributed by atoms with E-state index in [-0.39, 0.29) is 6.04 Å². The fourth-order valence-electron chi connectivity index (χ4n) is 1.45. The van der Waals surface area contributed by atoms with Crippen molar-refractivity contribution >= 4 is 48.6 Å². The Kier molecular flexibility index (Phi) is 4.28. The molecule has 7 heteroatoms. The van der Waals surface area contributed by atoms with Crippen LogP contribution in [0, 0.1) is 6.92 Å². The molecule has 18 heavy (non-hydrogen) atoms. The predicted octanol–water partition coefficient (Wildman–Crippen LogP) is 3.92. The third-order valence-electron chi connectivity index (χ3n) is 2.40. The van der Waals surface area contributed by atoms with Crippen LogP contribution in [0.3, 0.4) is 0 Å². The molecule has 1 unspecified atom stereocenters. The van der Waals surface area contributed by atoms with E-state index in [2.05, 4.69) is 20.7 Å². The van der Waals surface area contributed by atoms with Crippen LogP contribution in [-0.4, -0.2) is 8.42 Å². The molecule has 1 N–H and O–H groups in total. The van der Waals surface area contributed by atoms with Crippen LogP contribution in [-0.2, 0) is 10.0 Å². The number of aryl methyl sites for hydroxylation is 1. The van der Waals surface area contributed by atoms with E-state index in [9.17, 15) is 8.42 Å². The van der Waals surface area contributed by atoms with Crippen molar-refractivity contribution in [3.05, 3.63) is 37.8 Å². The summed E-state index contributed by atoms with van der Waals surface area (Å²) in [5, 5.41) is 1.94. The molecule has 3 nitrogen and oxygen atoms in total. The molecule has 0 saturated heterocycles. The molecule has 98 valence electrons. The van der Waals surface area contributed by atoms with Crippen LogP contribution in [0.15, 0.2) is 31.6 Å². The van der Waals surface area contributed by atoms with Gasteiger partial charge in [-0.15, -0.1) is 22.7 Å². The highest BCUT2D eigenvalue weighted by molar-refractivity contribution is 9.11. The van der Waals surface area contributed by atoms with E-state index in [1.165, 1.54) is 11.3 Å². The van der Waals surface area contributed by atoms with Crippen LogP contribution in [0.1, 0.15) is 23.4 Å². The minimum atomic E-state index is -3.44. The molecule has 0 spiro atoms. The van der Waals surface area contributed by atoms with Crippen molar-refractivity contribution in [3.63, 3.8) is 0 Å². The van der Waals surface area contributed by atoms with Crippen molar-refractivity contribution in [1.29, 1.82) is 0 Å². The summed E-state index contributed by atoms with van der Waals surface area (Å²) in [6.07, 6.45) is 0. The molecular formula is C11H12BrNO2S3. The van der Waals surface area contributed by atoms with E-state index in [0.717, 1.165) is 14.2 Å². The molecule has 0 radical (unpaired) electrons. The second-order valence-electron chi connectivity index (χ2n) is 3.88. The Bertz CT molecular complexity index is 612. The summed E-state index contributed by atoms with van der Waals surface area (Å²) in [4.78, 5) is 1.01. The molecule has 0 aliphatic heterocycles. The minimum absolute atomic E-state index is 0.212. The molecule has 2 rings (SSSR count). The van der Waals surface area contributed by atoms with Crippen LogP contribution in [0.25, 0.3) is 0 Å². The average Bonchev–Trinajstić information content (AvgIpc) is 2.89. The number of thiophene rings is 2. The first-order chi connectivity index (χ1) is 8.40. The maximum Gasteiger partial charge on any atom is 0.250 e. The maximum atomic E-state index is 12.2. The molecule has 0 aliphatic carbocycles. The quantitative estimate of drug-likeness (QED) is 0.892. The van der Waals surface area contributed by atoms with E-state index in [1.54, 1.807) is 17.4 Å². The molecule has 2 heterocycles. The lowest BCUT2D eigenvalue weighted by Gasteiger charge is -2.11. The van der Waals surface area contributed by atoms with Crippen LogP contribution >= 0.6 is 38.6 Å². The lowest BCUT2D eigenvalue weighted by atomic mass is 10.3. The summed E-state index contributed by atoms with van der Waals surface area (Å²) in [5.74, 6) is 0. The number of hydrogen-bond acceptors (Lipinski definition) is 4. The highest BCUT2D eigenvalue weighted by Gasteiger charge is 2.21. The van der Waals surface area contributed by atoms with Crippen molar-refractivity contribution in [2.45, 2.75) is 24.1 Å². The first kappa shape index (κ1) is 14.2. The van der Waals surface area contributed by atoms with Gasteiger partial charge >= 0.3 is 0 Å². The van der Waals surface area contributed by atoms with E-state index in [0.29, 0.717) is 4.21 Å². The number of hydrogen-bond donors (Lipinski definition) is 1. The summed E-state index contributed by atoms with van der Waals surface area (Å²) >= 11 is 6.11. The van der Waals surface area contributed by atoms with Crippen LogP contribution in [0.2, 0.25) is 0 Å². The standard InChI is InChI=1S/C11H12BrNO2S3/c1-7-6-10(17-11(7)12)18(14,15)13-8(2)9-4-3-5-16-9/h3-6,8,13H,1-2H3. The highest BCUT2D eigenvalue weighted by atomic mass is 79.9. The SMILES string of the molecule is Cc1cc(S(=O)(=O)NC(C)c2cccs2)sc1Br. The van der Waals surface area contributed by atoms with E-state index >= 15 is 0 Å². The van der Waals surface area contributed by atoms with Gasteiger partial charge < -0.3 is 0 Å². The highest BCUT2D eigenvalue weighted by Crippen LogP contribution is 2.31. The van der Waals surface area contributed by atoms with Gasteiger partial charge in [-0.25, -0.2) is 13.1 Å². The maximum absolute atomic E-state index is 12.2. The number of nitrogens with one attached hydrogen (secondary N) is 1. The van der Waals surface area contributed by atoms with E-state index < -0.39 is 10.0 Å². The van der Waals surface area contributed by atoms with Gasteiger partial charge in [-0.05, 0) is 52.9 Å². The summed E-state index contributed by atoms with van der Waals surface area (Å²) in [7, 11) is -3.44. The topological polar surface area (TPSA) is 46.2 Å². The molecule has 0 aliphatic rings. The number of sulfonamides is 1. The first-order valence-corrected chi connectivity index (χ1v) is 9.19. The zero-order valence-electron chi connectivity index (χ0n) is 9.81. The van der Waals surface area contributed by atoms with Crippen LogP contribution in [0.5, 0.6) is 0 Å². The zero-order valence-corrected chi connectivity index (χ0v) is 13.8. The molecule has 2 aromatic rings. The van der Waals surface area contributed by atoms with Crippen molar-refractivity contribution in [1.82, 2.24) is 4.72 Å². The van der Waals surface area contributed by atoms with Gasteiger partial charge in [0.2, 0.25) is 0 Å². The zero-order chi connectivity index (χ0) is 13.3. The fraction of sp³-hybridized carbons (Fsp3) is 0.273. The van der Waals surface area contributed by atoms with Gasteiger partial charge in [-0.2, -0.15) is 0 Å². The average molecular weight is 366 g/mol. The van der Waals surface area contributed by atoms with Gasteiger partial charge in [0, 0.05) is 4.88 Å². The van der Waals surface area contributed by atoms with Crippen LogP contribution in [0.4, 0.5) is 0 Å². The van der Waals surface area contributed by atoms with Gasteiger partial charge in [0.25, 0.3) is 10.0 Å². The monoisotopic (exact) mass is 365 g/mol. The lowest BCUT2D eigenvalue weighted by molar-refractivity contribution is 0.570. The van der Waals surface area contributed by atoms with Crippen molar-refractivity contribution in [3.8, 4) is 0 Å². The smallest absolute Gasteiger partial charge is 0.206 e. The van der Waals surface area contributed by atoms with Crippen molar-refractivity contribution in [2.75, 3.05) is 0 Å². The third-order valence-corrected chi connectivity index (χ3v) is 7.61. The second-order valence-corrected chi connectivity index (χ2v) is 9.17. The van der Waals surface area contributed by atoms with Gasteiger partial charge in [0.05, 0.1) is 9.83 Å². The lowest BCUT2D eigenvalue weighted by Crippen LogP contribution is -2.25. The van der Waals surface area contributed by atoms with E-state index in [1.807, 2.05) is 31.4 Å². The first-order valence-electron chi connectivity index (χ1n) is 5.22. The minimum Gasteiger partial charge on any atom is -0.206 e. The molecule has 0 saturated carbocycles. The second kappa shape index (κ2) is 5.42. The van der Waals surface area contributed by atoms with Crippen LogP contribution < -0.4 is 4.72 Å². The van der Waals surface area contributed by atoms with E-state index in [4.69, 9.17) is 0 Å². The molecule has 0 aromatic carbocycles. The number of rotatable bonds is 4. The predicted molar refractivity (Wildman–Crippen MR) is 79.8 cm³/mol. The Morgan fingerprint density at radius 3 is 2.67 bits per heavy atom. The molecular weight excluding hydrogens is 354 g/mol. The third kappa shape index (κ3) is 3.03. The Morgan fingerprint density at radius 2 is 2.17 bits per heavy atom. The van der Waals surface area contributed by atoms with Gasteiger partial charge in [0.15, 0.2) is 0 Å². The van der Waals surface area contributed by atoms with Gasteiger partial charge in [-0.3, -0.25) is 0 Å². The van der Waals surface area contributed by atoms with Gasteiger partial charge in [0.1, 0.15) is 4.21 Å². The molecule has 0 fully saturated rings. The fourth-order valence-corrected chi connectivity index (χ4v) is 5.72. The Hall–Kier alpha value is -0.210. The summed E-state index contributed by atoms with van der Waals surface area (Å²) in [6.45, 7) is 3.72. The molecule has 2 aromatic heterocycles. The summed E-state index contributed by atoms with van der Waals surface area (Å²) in [5.41, 5.74) is 0.934. The Labute approximate surface area is 123 Å². The van der Waals surface area contributed by atoms with Crippen molar-refractivity contribution < 1.29 is 8.42 Å². The normalized spacial score (nSPS) is 13.7. The Morgan fingerprint density at radius 1 is 1.44 bits per heavy atom. The summed E-state index contributed by atoms with van der Waals surface area (Å²) in [6, 6.07) is 5.30. The van der Waals surface area contributed by atoms with Crippen molar-refractivity contribution in [2.24, 2.45) is 0 Å². The summed E-state index contributed by atoms with van der Waals surface area (Å²) < 4.78 is 28.3. The molecule has 0 amide bonds. The number of halogens is 1. The molecule has 0 bridgehead atoms. The largest absolute Gasteiger partial charge is 0.250 e. The van der Waals surface area contributed by atoms with Gasteiger partial charge in [-0.1, -0.05) is 6.07 Å². The molecule has 1 atom stereocenters.